The summed E-state index contributed by atoms with van der Waals surface area (Å²) >= 11 is 1.77. The van der Waals surface area contributed by atoms with Gasteiger partial charge in [-0.15, -0.1) is 11.3 Å². The topological polar surface area (TPSA) is 41.1 Å². The van der Waals surface area contributed by atoms with Crippen molar-refractivity contribution >= 4 is 22.2 Å². The smallest absolute Gasteiger partial charge is 0.256 e. The molecule has 3 nitrogen and oxygen atoms in total. The molecule has 1 aromatic carbocycles. The van der Waals surface area contributed by atoms with E-state index in [2.05, 4.69) is 48.7 Å². The average Bonchev–Trinajstić information content (AvgIpc) is 2.85. The third kappa shape index (κ3) is 2.22. The van der Waals surface area contributed by atoms with Crippen LogP contribution in [0.15, 0.2) is 24.3 Å². The van der Waals surface area contributed by atoms with Crippen molar-refractivity contribution in [3.63, 3.8) is 0 Å². The molecule has 2 N–H and O–H groups in total. The van der Waals surface area contributed by atoms with Gasteiger partial charge in [0.25, 0.3) is 5.91 Å². The molecule has 2 aliphatic rings. The van der Waals surface area contributed by atoms with Crippen LogP contribution in [0.5, 0.6) is 0 Å². The molecule has 0 saturated heterocycles. The van der Waals surface area contributed by atoms with Crippen LogP contribution in [0.3, 0.4) is 0 Å². The minimum atomic E-state index is -0.127. The van der Waals surface area contributed by atoms with Gasteiger partial charge in [-0.3, -0.25) is 4.79 Å². The molecule has 114 valence electrons. The summed E-state index contributed by atoms with van der Waals surface area (Å²) in [5.41, 5.74) is 4.51. The van der Waals surface area contributed by atoms with Crippen LogP contribution in [0.4, 0.5) is 5.00 Å². The van der Waals surface area contributed by atoms with Crippen LogP contribution in [-0.2, 0) is 12.8 Å². The number of rotatable bonds is 1. The van der Waals surface area contributed by atoms with Crippen molar-refractivity contribution in [2.45, 2.75) is 39.3 Å². The second kappa shape index (κ2) is 5.13. The largest absolute Gasteiger partial charge is 0.353 e. The zero-order valence-electron chi connectivity index (χ0n) is 12.9. The van der Waals surface area contributed by atoms with Crippen LogP contribution < -0.4 is 10.6 Å². The Hall–Kier alpha value is -1.81. The highest BCUT2D eigenvalue weighted by Gasteiger charge is 2.32. The average molecular weight is 312 g/mol. The quantitative estimate of drug-likeness (QED) is 0.834. The number of aryl methyl sites for hydroxylation is 1. The zero-order valence-corrected chi connectivity index (χ0v) is 13.7. The molecule has 1 aliphatic heterocycles. The van der Waals surface area contributed by atoms with E-state index in [-0.39, 0.29) is 12.1 Å². The molecule has 4 rings (SSSR count). The molecule has 1 aromatic heterocycles. The van der Waals surface area contributed by atoms with Gasteiger partial charge in [0.05, 0.1) is 5.56 Å². The van der Waals surface area contributed by atoms with Crippen LogP contribution in [0.1, 0.15) is 51.4 Å². The molecular formula is C18H20N2OS. The predicted molar refractivity (Wildman–Crippen MR) is 90.5 cm³/mol. The van der Waals surface area contributed by atoms with E-state index in [4.69, 9.17) is 0 Å². The lowest BCUT2D eigenvalue weighted by Crippen LogP contribution is -2.38. The number of benzene rings is 1. The SMILES string of the molecule is Cc1ccc([C@H]2NC(=O)c3c(sc4c3CC[C@@H](C)C4)N2)cc1. The lowest BCUT2D eigenvalue weighted by atomic mass is 9.88. The van der Waals surface area contributed by atoms with E-state index in [1.807, 2.05) is 0 Å². The minimum absolute atomic E-state index is 0.0754. The second-order valence-electron chi connectivity index (χ2n) is 6.52. The normalized spacial score (nSPS) is 23.3. The summed E-state index contributed by atoms with van der Waals surface area (Å²) in [4.78, 5) is 14.0. The van der Waals surface area contributed by atoms with Crippen LogP contribution in [0, 0.1) is 12.8 Å². The van der Waals surface area contributed by atoms with Crippen LogP contribution >= 0.6 is 11.3 Å². The van der Waals surface area contributed by atoms with Crippen molar-refractivity contribution in [2.75, 3.05) is 5.32 Å². The number of nitrogens with one attached hydrogen (secondary N) is 2. The van der Waals surface area contributed by atoms with E-state index in [0.717, 1.165) is 34.9 Å². The maximum Gasteiger partial charge on any atom is 0.256 e. The standard InChI is InChI=1S/C18H20N2OS/c1-10-3-6-12(7-4-10)16-19-17(21)15-13-8-5-11(2)9-14(13)22-18(15)20-16/h3-4,6-7,11,16,20H,5,8-9H2,1-2H3,(H,19,21)/t11-,16+/m1/s1. The molecule has 0 unspecified atom stereocenters. The molecular weight excluding hydrogens is 292 g/mol. The van der Waals surface area contributed by atoms with E-state index in [1.165, 1.54) is 22.4 Å². The summed E-state index contributed by atoms with van der Waals surface area (Å²) in [7, 11) is 0. The molecule has 0 saturated carbocycles. The number of amides is 1. The van der Waals surface area contributed by atoms with Crippen molar-refractivity contribution in [3.05, 3.63) is 51.4 Å². The fourth-order valence-electron chi connectivity index (χ4n) is 3.39. The van der Waals surface area contributed by atoms with Crippen molar-refractivity contribution in [1.29, 1.82) is 0 Å². The van der Waals surface area contributed by atoms with Gasteiger partial charge < -0.3 is 10.6 Å². The highest BCUT2D eigenvalue weighted by molar-refractivity contribution is 7.16. The van der Waals surface area contributed by atoms with Crippen molar-refractivity contribution in [2.24, 2.45) is 5.92 Å². The first-order valence-electron chi connectivity index (χ1n) is 7.90. The molecule has 0 radical (unpaired) electrons. The monoisotopic (exact) mass is 312 g/mol. The number of hydrogen-bond donors (Lipinski definition) is 2. The Labute approximate surface area is 134 Å². The molecule has 2 aromatic rings. The molecule has 0 spiro atoms. The summed E-state index contributed by atoms with van der Waals surface area (Å²) in [6.45, 7) is 4.37. The number of carbonyl (C=O) groups excluding carboxylic acids is 1. The molecule has 2 heterocycles. The first-order chi connectivity index (χ1) is 10.6. The van der Waals surface area contributed by atoms with Gasteiger partial charge in [-0.2, -0.15) is 0 Å². The molecule has 1 amide bonds. The summed E-state index contributed by atoms with van der Waals surface area (Å²) in [5, 5.41) is 7.68. The van der Waals surface area contributed by atoms with Gasteiger partial charge in [0, 0.05) is 4.88 Å². The summed E-state index contributed by atoms with van der Waals surface area (Å²) in [6, 6.07) is 8.32. The van der Waals surface area contributed by atoms with Crippen molar-refractivity contribution < 1.29 is 4.79 Å². The molecule has 4 heteroatoms. The summed E-state index contributed by atoms with van der Waals surface area (Å²) < 4.78 is 0. The Kier molecular flexibility index (Phi) is 3.22. The molecule has 2 atom stereocenters. The highest BCUT2D eigenvalue weighted by atomic mass is 32.1. The van der Waals surface area contributed by atoms with Crippen molar-refractivity contribution in [3.8, 4) is 0 Å². The Bertz CT molecular complexity index is 732. The number of thiophene rings is 1. The predicted octanol–water partition coefficient (Wildman–Crippen LogP) is 4.04. The summed E-state index contributed by atoms with van der Waals surface area (Å²) in [6.07, 6.45) is 3.20. The molecule has 0 bridgehead atoms. The van der Waals surface area contributed by atoms with Crippen LogP contribution in [0.2, 0.25) is 0 Å². The molecule has 22 heavy (non-hydrogen) atoms. The van der Waals surface area contributed by atoms with Gasteiger partial charge in [0.15, 0.2) is 0 Å². The summed E-state index contributed by atoms with van der Waals surface area (Å²) in [5.74, 6) is 0.801. The third-order valence-electron chi connectivity index (χ3n) is 4.70. The zero-order chi connectivity index (χ0) is 15.3. The van der Waals surface area contributed by atoms with E-state index in [9.17, 15) is 4.79 Å². The molecule has 0 fully saturated rings. The maximum atomic E-state index is 12.6. The van der Waals surface area contributed by atoms with E-state index >= 15 is 0 Å². The van der Waals surface area contributed by atoms with E-state index in [1.54, 1.807) is 11.3 Å². The lowest BCUT2D eigenvalue weighted by Gasteiger charge is -2.27. The Balaban J connectivity index is 1.69. The number of hydrogen-bond acceptors (Lipinski definition) is 3. The van der Waals surface area contributed by atoms with Gasteiger partial charge in [-0.1, -0.05) is 36.8 Å². The first-order valence-corrected chi connectivity index (χ1v) is 8.72. The number of anilines is 1. The van der Waals surface area contributed by atoms with Gasteiger partial charge in [-0.05, 0) is 43.2 Å². The Morgan fingerprint density at radius 3 is 2.73 bits per heavy atom. The number of fused-ring (bicyclic) bond motifs is 3. The van der Waals surface area contributed by atoms with E-state index in [0.29, 0.717) is 0 Å². The van der Waals surface area contributed by atoms with Crippen LogP contribution in [0.25, 0.3) is 0 Å². The Morgan fingerprint density at radius 2 is 1.95 bits per heavy atom. The minimum Gasteiger partial charge on any atom is -0.353 e. The van der Waals surface area contributed by atoms with Crippen LogP contribution in [-0.4, -0.2) is 5.91 Å². The maximum absolute atomic E-state index is 12.6. The first kappa shape index (κ1) is 13.8. The highest BCUT2D eigenvalue weighted by Crippen LogP contribution is 2.42. The van der Waals surface area contributed by atoms with Gasteiger partial charge in [-0.25, -0.2) is 0 Å². The fourth-order valence-corrected chi connectivity index (χ4v) is 4.82. The third-order valence-corrected chi connectivity index (χ3v) is 5.89. The van der Waals surface area contributed by atoms with Gasteiger partial charge >= 0.3 is 0 Å². The van der Waals surface area contributed by atoms with Gasteiger partial charge in [0.1, 0.15) is 11.2 Å². The lowest BCUT2D eigenvalue weighted by molar-refractivity contribution is 0.0935. The Morgan fingerprint density at radius 1 is 1.18 bits per heavy atom. The van der Waals surface area contributed by atoms with E-state index < -0.39 is 0 Å². The molecule has 1 aliphatic carbocycles. The second-order valence-corrected chi connectivity index (χ2v) is 7.62. The van der Waals surface area contributed by atoms with Crippen molar-refractivity contribution in [1.82, 2.24) is 5.32 Å². The number of carbonyl (C=O) groups is 1. The fraction of sp³-hybridized carbons (Fsp3) is 0.389. The van der Waals surface area contributed by atoms with Gasteiger partial charge in [0.2, 0.25) is 0 Å².